The van der Waals surface area contributed by atoms with Crippen molar-refractivity contribution in [1.82, 2.24) is 10.2 Å². The quantitative estimate of drug-likeness (QED) is 0.745. The molecule has 3 nitrogen and oxygen atoms in total. The van der Waals surface area contributed by atoms with Crippen LogP contribution in [0.1, 0.15) is 26.5 Å². The Labute approximate surface area is 92.0 Å². The van der Waals surface area contributed by atoms with Crippen LogP contribution in [0.5, 0.6) is 5.88 Å². The number of halogens is 1. The first-order valence-corrected chi connectivity index (χ1v) is 5.10. The summed E-state index contributed by atoms with van der Waals surface area (Å²) >= 11 is 2.20. The molecular formula is C9H13IN2O. The molecule has 1 heterocycles. The fourth-order valence-corrected chi connectivity index (χ4v) is 1.49. The predicted octanol–water partition coefficient (Wildman–Crippen LogP) is 2.39. The molecule has 1 aromatic rings. The summed E-state index contributed by atoms with van der Waals surface area (Å²) in [5.41, 5.74) is 1.02. The SMILES string of the molecule is COc1nnc(C(C)(C)C)cc1I. The molecule has 0 fully saturated rings. The van der Waals surface area contributed by atoms with Crippen LogP contribution < -0.4 is 4.74 Å². The molecule has 0 atom stereocenters. The molecule has 0 N–H and O–H groups in total. The van der Waals surface area contributed by atoms with E-state index >= 15 is 0 Å². The lowest BCUT2D eigenvalue weighted by Crippen LogP contribution is -2.15. The van der Waals surface area contributed by atoms with E-state index in [-0.39, 0.29) is 5.41 Å². The normalized spacial score (nSPS) is 11.5. The zero-order chi connectivity index (χ0) is 10.1. The van der Waals surface area contributed by atoms with Gasteiger partial charge >= 0.3 is 0 Å². The topological polar surface area (TPSA) is 35.0 Å². The van der Waals surface area contributed by atoms with Gasteiger partial charge in [0.15, 0.2) is 0 Å². The summed E-state index contributed by atoms with van der Waals surface area (Å²) < 4.78 is 6.03. The first-order valence-electron chi connectivity index (χ1n) is 4.03. The predicted molar refractivity (Wildman–Crippen MR) is 60.0 cm³/mol. The van der Waals surface area contributed by atoms with Gasteiger partial charge in [-0.15, -0.1) is 5.10 Å². The number of nitrogens with zero attached hydrogens (tertiary/aromatic N) is 2. The number of rotatable bonds is 1. The van der Waals surface area contributed by atoms with Gasteiger partial charge in [0.05, 0.1) is 16.4 Å². The maximum Gasteiger partial charge on any atom is 0.246 e. The van der Waals surface area contributed by atoms with Crippen molar-refractivity contribution in [2.75, 3.05) is 7.11 Å². The molecule has 0 aliphatic heterocycles. The van der Waals surface area contributed by atoms with Gasteiger partial charge < -0.3 is 4.74 Å². The molecule has 0 amide bonds. The Bertz CT molecular complexity index is 307. The van der Waals surface area contributed by atoms with Crippen LogP contribution >= 0.6 is 22.6 Å². The van der Waals surface area contributed by atoms with Crippen LogP contribution in [0, 0.1) is 3.57 Å². The average molecular weight is 292 g/mol. The lowest BCUT2D eigenvalue weighted by molar-refractivity contribution is 0.385. The highest BCUT2D eigenvalue weighted by Gasteiger charge is 2.17. The van der Waals surface area contributed by atoms with Crippen molar-refractivity contribution in [2.45, 2.75) is 26.2 Å². The molecule has 0 unspecified atom stereocenters. The maximum absolute atomic E-state index is 5.03. The number of ether oxygens (including phenoxy) is 1. The van der Waals surface area contributed by atoms with Crippen molar-refractivity contribution in [3.05, 3.63) is 15.3 Å². The Hall–Kier alpha value is -0.390. The summed E-state index contributed by atoms with van der Waals surface area (Å²) in [6.07, 6.45) is 0. The summed E-state index contributed by atoms with van der Waals surface area (Å²) in [5.74, 6) is 0.591. The number of methoxy groups -OCH3 is 1. The van der Waals surface area contributed by atoms with E-state index in [0.717, 1.165) is 9.26 Å². The standard InChI is InChI=1S/C9H13IN2O/c1-9(2,3)7-5-6(10)8(13-4)12-11-7/h5H,1-4H3. The highest BCUT2D eigenvalue weighted by molar-refractivity contribution is 14.1. The number of hydrogen-bond acceptors (Lipinski definition) is 3. The van der Waals surface area contributed by atoms with Crippen molar-refractivity contribution < 1.29 is 4.74 Å². The molecule has 13 heavy (non-hydrogen) atoms. The van der Waals surface area contributed by atoms with Crippen molar-refractivity contribution in [1.29, 1.82) is 0 Å². The van der Waals surface area contributed by atoms with E-state index in [1.807, 2.05) is 6.07 Å². The van der Waals surface area contributed by atoms with Gasteiger partial charge in [-0.1, -0.05) is 20.8 Å². The molecule has 0 bridgehead atoms. The summed E-state index contributed by atoms with van der Waals surface area (Å²) in [6.45, 7) is 6.33. The van der Waals surface area contributed by atoms with E-state index in [1.54, 1.807) is 7.11 Å². The van der Waals surface area contributed by atoms with Crippen LogP contribution in [-0.2, 0) is 5.41 Å². The van der Waals surface area contributed by atoms with Crippen LogP contribution in [0.25, 0.3) is 0 Å². The second kappa shape index (κ2) is 3.77. The van der Waals surface area contributed by atoms with Gasteiger partial charge in [-0.05, 0) is 28.7 Å². The largest absolute Gasteiger partial charge is 0.479 e. The summed E-state index contributed by atoms with van der Waals surface area (Å²) in [6, 6.07) is 2.01. The third kappa shape index (κ3) is 2.52. The Balaban J connectivity index is 3.10. The number of aromatic nitrogens is 2. The first kappa shape index (κ1) is 10.7. The molecule has 4 heteroatoms. The van der Waals surface area contributed by atoms with Gasteiger partial charge in [0.25, 0.3) is 0 Å². The van der Waals surface area contributed by atoms with Crippen molar-refractivity contribution >= 4 is 22.6 Å². The number of hydrogen-bond donors (Lipinski definition) is 0. The Kier molecular flexibility index (Phi) is 3.10. The van der Waals surface area contributed by atoms with Gasteiger partial charge in [0, 0.05) is 5.41 Å². The molecule has 0 radical (unpaired) electrons. The van der Waals surface area contributed by atoms with E-state index in [9.17, 15) is 0 Å². The van der Waals surface area contributed by atoms with Crippen LogP contribution in [0.4, 0.5) is 0 Å². The van der Waals surface area contributed by atoms with Crippen LogP contribution in [0.3, 0.4) is 0 Å². The highest BCUT2D eigenvalue weighted by Crippen LogP contribution is 2.24. The summed E-state index contributed by atoms with van der Waals surface area (Å²) in [5, 5.41) is 8.09. The van der Waals surface area contributed by atoms with E-state index in [0.29, 0.717) is 5.88 Å². The second-order valence-electron chi connectivity index (χ2n) is 3.84. The van der Waals surface area contributed by atoms with E-state index in [1.165, 1.54) is 0 Å². The third-order valence-corrected chi connectivity index (χ3v) is 2.45. The minimum atomic E-state index is 0.0409. The summed E-state index contributed by atoms with van der Waals surface area (Å²) in [4.78, 5) is 0. The second-order valence-corrected chi connectivity index (χ2v) is 5.00. The lowest BCUT2D eigenvalue weighted by Gasteiger charge is -2.17. The Morgan fingerprint density at radius 2 is 1.92 bits per heavy atom. The highest BCUT2D eigenvalue weighted by atomic mass is 127. The molecule has 0 spiro atoms. The van der Waals surface area contributed by atoms with E-state index in [4.69, 9.17) is 4.74 Å². The van der Waals surface area contributed by atoms with Gasteiger partial charge in [-0.25, -0.2) is 0 Å². The van der Waals surface area contributed by atoms with Crippen molar-refractivity contribution in [3.8, 4) is 5.88 Å². The minimum Gasteiger partial charge on any atom is -0.479 e. The van der Waals surface area contributed by atoms with E-state index < -0.39 is 0 Å². The fourth-order valence-electron chi connectivity index (χ4n) is 0.863. The molecule has 0 aromatic carbocycles. The monoisotopic (exact) mass is 292 g/mol. The molecule has 0 saturated heterocycles. The van der Waals surface area contributed by atoms with Crippen LogP contribution in [-0.4, -0.2) is 17.3 Å². The van der Waals surface area contributed by atoms with Crippen molar-refractivity contribution in [2.24, 2.45) is 0 Å². The fraction of sp³-hybridized carbons (Fsp3) is 0.556. The molecule has 72 valence electrons. The average Bonchev–Trinajstić information content (AvgIpc) is 2.02. The smallest absolute Gasteiger partial charge is 0.246 e. The molecule has 0 saturated carbocycles. The molecular weight excluding hydrogens is 279 g/mol. The maximum atomic E-state index is 5.03. The van der Waals surface area contributed by atoms with Crippen molar-refractivity contribution in [3.63, 3.8) is 0 Å². The zero-order valence-corrected chi connectivity index (χ0v) is 10.4. The van der Waals surface area contributed by atoms with Crippen LogP contribution in [0.2, 0.25) is 0 Å². The molecule has 0 aliphatic rings. The van der Waals surface area contributed by atoms with Gasteiger partial charge in [-0.3, -0.25) is 0 Å². The molecule has 1 rings (SSSR count). The van der Waals surface area contributed by atoms with Gasteiger partial charge in [0.2, 0.25) is 5.88 Å². The molecule has 1 aromatic heterocycles. The Morgan fingerprint density at radius 1 is 1.31 bits per heavy atom. The molecule has 0 aliphatic carbocycles. The zero-order valence-electron chi connectivity index (χ0n) is 8.26. The minimum absolute atomic E-state index is 0.0409. The summed E-state index contributed by atoms with van der Waals surface area (Å²) in [7, 11) is 1.60. The third-order valence-electron chi connectivity index (χ3n) is 1.68. The Morgan fingerprint density at radius 3 is 2.31 bits per heavy atom. The first-order chi connectivity index (χ1) is 5.95. The van der Waals surface area contributed by atoms with Gasteiger partial charge in [-0.2, -0.15) is 5.10 Å². The van der Waals surface area contributed by atoms with Crippen LogP contribution in [0.15, 0.2) is 6.07 Å². The van der Waals surface area contributed by atoms with E-state index in [2.05, 4.69) is 53.6 Å². The lowest BCUT2D eigenvalue weighted by atomic mass is 9.92. The van der Waals surface area contributed by atoms with Gasteiger partial charge in [0.1, 0.15) is 0 Å².